The van der Waals surface area contributed by atoms with Gasteiger partial charge in [-0.2, -0.15) is 0 Å². The minimum Gasteiger partial charge on any atom is -0.367 e. The summed E-state index contributed by atoms with van der Waals surface area (Å²) in [4.78, 5) is 10.8. The molecule has 0 spiro atoms. The lowest BCUT2D eigenvalue weighted by atomic mass is 10.0. The molecule has 0 fully saturated rings. The van der Waals surface area contributed by atoms with E-state index in [4.69, 9.17) is 11.6 Å². The first kappa shape index (κ1) is 14.5. The van der Waals surface area contributed by atoms with E-state index in [1.165, 1.54) is 11.3 Å². The van der Waals surface area contributed by atoms with Gasteiger partial charge < -0.3 is 5.32 Å². The molecule has 104 valence electrons. The topological polar surface area (TPSA) is 37.8 Å². The Bertz CT molecular complexity index is 567. The van der Waals surface area contributed by atoms with E-state index < -0.39 is 0 Å². The van der Waals surface area contributed by atoms with Gasteiger partial charge in [0.2, 0.25) is 5.28 Å². The molecule has 1 N–H and O–H groups in total. The maximum absolute atomic E-state index is 5.99. The zero-order valence-corrected chi connectivity index (χ0v) is 13.4. The SMILES string of the molecule is CCC(C)CC(C)Nc1nc(Cl)nc2sc(C)cc12. The van der Waals surface area contributed by atoms with Crippen molar-refractivity contribution in [1.82, 2.24) is 9.97 Å². The highest BCUT2D eigenvalue weighted by molar-refractivity contribution is 7.18. The molecule has 0 amide bonds. The number of rotatable bonds is 5. The average molecular weight is 298 g/mol. The number of hydrogen-bond donors (Lipinski definition) is 1. The van der Waals surface area contributed by atoms with Gasteiger partial charge in [-0.05, 0) is 43.9 Å². The van der Waals surface area contributed by atoms with Crippen LogP contribution in [0.5, 0.6) is 0 Å². The Morgan fingerprint density at radius 1 is 1.37 bits per heavy atom. The van der Waals surface area contributed by atoms with Crippen LogP contribution < -0.4 is 5.32 Å². The van der Waals surface area contributed by atoms with Crippen molar-refractivity contribution in [2.24, 2.45) is 5.92 Å². The first-order valence-corrected chi connectivity index (χ1v) is 7.89. The van der Waals surface area contributed by atoms with Gasteiger partial charge in [0.05, 0.1) is 5.39 Å². The number of halogens is 1. The summed E-state index contributed by atoms with van der Waals surface area (Å²) in [6, 6.07) is 2.50. The van der Waals surface area contributed by atoms with E-state index in [2.05, 4.69) is 49.0 Å². The highest BCUT2D eigenvalue weighted by Crippen LogP contribution is 2.30. The smallest absolute Gasteiger partial charge is 0.225 e. The van der Waals surface area contributed by atoms with Gasteiger partial charge >= 0.3 is 0 Å². The number of fused-ring (bicyclic) bond motifs is 1. The lowest BCUT2D eigenvalue weighted by Gasteiger charge is -2.18. The third-order valence-electron chi connectivity index (χ3n) is 3.32. The summed E-state index contributed by atoms with van der Waals surface area (Å²) in [5.74, 6) is 1.56. The minimum absolute atomic E-state index is 0.313. The Kier molecular flexibility index (Phi) is 4.63. The van der Waals surface area contributed by atoms with E-state index in [0.717, 1.165) is 22.5 Å². The third kappa shape index (κ3) is 3.57. The lowest BCUT2D eigenvalue weighted by Crippen LogP contribution is -2.19. The van der Waals surface area contributed by atoms with E-state index in [1.54, 1.807) is 11.3 Å². The van der Waals surface area contributed by atoms with Crippen molar-refractivity contribution in [2.75, 3.05) is 5.32 Å². The average Bonchev–Trinajstić information content (AvgIpc) is 2.69. The van der Waals surface area contributed by atoms with Crippen LogP contribution in [0.2, 0.25) is 5.28 Å². The normalized spacial score (nSPS) is 14.6. The first-order valence-electron chi connectivity index (χ1n) is 6.69. The highest BCUT2D eigenvalue weighted by Gasteiger charge is 2.13. The van der Waals surface area contributed by atoms with Crippen LogP contribution in [0.25, 0.3) is 10.2 Å². The Morgan fingerprint density at radius 2 is 2.11 bits per heavy atom. The molecule has 2 unspecified atom stereocenters. The molecule has 2 rings (SSSR count). The maximum atomic E-state index is 5.99. The number of thiophene rings is 1. The van der Waals surface area contributed by atoms with Gasteiger partial charge in [-0.25, -0.2) is 9.97 Å². The second-order valence-corrected chi connectivity index (χ2v) is 6.78. The van der Waals surface area contributed by atoms with Crippen LogP contribution in [0.3, 0.4) is 0 Å². The third-order valence-corrected chi connectivity index (χ3v) is 4.44. The summed E-state index contributed by atoms with van der Waals surface area (Å²) in [6.45, 7) is 8.76. The summed E-state index contributed by atoms with van der Waals surface area (Å²) in [5.41, 5.74) is 0. The fourth-order valence-corrected chi connectivity index (χ4v) is 3.29. The molecule has 0 radical (unpaired) electrons. The Balaban J connectivity index is 2.24. The molecular weight excluding hydrogens is 278 g/mol. The van der Waals surface area contributed by atoms with Gasteiger partial charge in [0.1, 0.15) is 10.6 Å². The summed E-state index contributed by atoms with van der Waals surface area (Å²) in [6.07, 6.45) is 2.33. The second-order valence-electron chi connectivity index (χ2n) is 5.21. The quantitative estimate of drug-likeness (QED) is 0.799. The van der Waals surface area contributed by atoms with Crippen LogP contribution in [0.4, 0.5) is 5.82 Å². The molecule has 0 aromatic carbocycles. The molecule has 0 aliphatic rings. The van der Waals surface area contributed by atoms with Gasteiger partial charge in [0, 0.05) is 10.9 Å². The van der Waals surface area contributed by atoms with E-state index in [0.29, 0.717) is 17.2 Å². The molecule has 0 aliphatic heterocycles. The van der Waals surface area contributed by atoms with Gasteiger partial charge in [0.25, 0.3) is 0 Å². The van der Waals surface area contributed by atoms with E-state index in [1.807, 2.05) is 0 Å². The van der Waals surface area contributed by atoms with Crippen molar-refractivity contribution in [2.45, 2.75) is 46.6 Å². The van der Waals surface area contributed by atoms with Crippen molar-refractivity contribution in [3.05, 3.63) is 16.2 Å². The van der Waals surface area contributed by atoms with E-state index in [-0.39, 0.29) is 0 Å². The van der Waals surface area contributed by atoms with Crippen molar-refractivity contribution in [3.63, 3.8) is 0 Å². The second kappa shape index (κ2) is 6.06. The molecule has 3 nitrogen and oxygen atoms in total. The van der Waals surface area contributed by atoms with Crippen molar-refractivity contribution >= 4 is 39.0 Å². The van der Waals surface area contributed by atoms with E-state index >= 15 is 0 Å². The number of nitrogens with one attached hydrogen (secondary N) is 1. The molecule has 0 saturated heterocycles. The molecule has 0 aliphatic carbocycles. The zero-order chi connectivity index (χ0) is 14.0. The van der Waals surface area contributed by atoms with Crippen LogP contribution in [-0.4, -0.2) is 16.0 Å². The van der Waals surface area contributed by atoms with Gasteiger partial charge in [0.15, 0.2) is 0 Å². The van der Waals surface area contributed by atoms with Gasteiger partial charge in [-0.15, -0.1) is 11.3 Å². The molecule has 2 atom stereocenters. The van der Waals surface area contributed by atoms with Gasteiger partial charge in [-0.3, -0.25) is 0 Å². The summed E-state index contributed by atoms with van der Waals surface area (Å²) >= 11 is 7.64. The Morgan fingerprint density at radius 3 is 2.79 bits per heavy atom. The minimum atomic E-state index is 0.313. The molecule has 2 heterocycles. The maximum Gasteiger partial charge on any atom is 0.225 e. The Hall–Kier alpha value is -0.870. The van der Waals surface area contributed by atoms with Crippen molar-refractivity contribution < 1.29 is 0 Å². The summed E-state index contributed by atoms with van der Waals surface area (Å²) < 4.78 is 0. The molecule has 5 heteroatoms. The Labute approximate surface area is 123 Å². The van der Waals surface area contributed by atoms with Crippen LogP contribution in [0, 0.1) is 12.8 Å². The summed E-state index contributed by atoms with van der Waals surface area (Å²) in [7, 11) is 0. The van der Waals surface area contributed by atoms with Crippen LogP contribution in [0.15, 0.2) is 6.07 Å². The summed E-state index contributed by atoms with van der Waals surface area (Å²) in [5, 5.41) is 4.86. The molecule has 2 aromatic heterocycles. The van der Waals surface area contributed by atoms with Crippen molar-refractivity contribution in [3.8, 4) is 0 Å². The fourth-order valence-electron chi connectivity index (χ4n) is 2.19. The van der Waals surface area contributed by atoms with Crippen LogP contribution in [-0.2, 0) is 0 Å². The van der Waals surface area contributed by atoms with E-state index in [9.17, 15) is 0 Å². The number of aromatic nitrogens is 2. The lowest BCUT2D eigenvalue weighted by molar-refractivity contribution is 0.483. The van der Waals surface area contributed by atoms with Gasteiger partial charge in [-0.1, -0.05) is 20.3 Å². The first-order chi connectivity index (χ1) is 8.99. The largest absolute Gasteiger partial charge is 0.367 e. The molecule has 2 aromatic rings. The van der Waals surface area contributed by atoms with Crippen LogP contribution >= 0.6 is 22.9 Å². The molecule has 0 saturated carbocycles. The highest BCUT2D eigenvalue weighted by atomic mass is 35.5. The number of hydrogen-bond acceptors (Lipinski definition) is 4. The van der Waals surface area contributed by atoms with Crippen molar-refractivity contribution in [1.29, 1.82) is 0 Å². The monoisotopic (exact) mass is 297 g/mol. The number of aryl methyl sites for hydroxylation is 1. The molecule has 0 bridgehead atoms. The fraction of sp³-hybridized carbons (Fsp3) is 0.571. The number of anilines is 1. The number of nitrogens with zero attached hydrogens (tertiary/aromatic N) is 2. The van der Waals surface area contributed by atoms with Crippen LogP contribution in [0.1, 0.15) is 38.5 Å². The predicted molar refractivity (Wildman–Crippen MR) is 84.3 cm³/mol. The molecule has 19 heavy (non-hydrogen) atoms. The predicted octanol–water partition coefficient (Wildman–Crippen LogP) is 4.89. The standard InChI is InChI=1S/C14H20ClN3S/c1-5-8(2)6-9(3)16-12-11-7-10(4)19-13(11)18-14(15)17-12/h7-9H,5-6H2,1-4H3,(H,16,17,18). The molecular formula is C14H20ClN3S. The zero-order valence-electron chi connectivity index (χ0n) is 11.8.